The maximum atomic E-state index is 4.32. The highest BCUT2D eigenvalue weighted by Crippen LogP contribution is 2.19. The molecule has 2 aromatic heterocycles. The standard InChI is InChI=1S/C12H12N7S/c1-9-13-12(20-17-9)10-3-4-11(15-14-10)16-19-7-5-18(2)6-8-19/h3-8H,1-2H3/q+1. The van der Waals surface area contributed by atoms with E-state index in [1.165, 1.54) is 11.5 Å². The Morgan fingerprint density at radius 3 is 2.60 bits per heavy atom. The zero-order valence-electron chi connectivity index (χ0n) is 11.0. The third kappa shape index (κ3) is 2.75. The molecule has 0 atom stereocenters. The van der Waals surface area contributed by atoms with Gasteiger partial charge >= 0.3 is 0 Å². The molecule has 8 heteroatoms. The van der Waals surface area contributed by atoms with E-state index in [1.54, 1.807) is 10.8 Å². The molecule has 0 unspecified atom stereocenters. The van der Waals surface area contributed by atoms with Crippen LogP contribution in [0.15, 0.2) is 42.0 Å². The number of hydrogen-bond donors (Lipinski definition) is 0. The summed E-state index contributed by atoms with van der Waals surface area (Å²) in [5, 5.41) is 13.3. The molecule has 0 fully saturated rings. The van der Waals surface area contributed by atoms with Gasteiger partial charge in [-0.15, -0.1) is 10.2 Å². The maximum Gasteiger partial charge on any atom is 0.241 e. The second kappa shape index (κ2) is 5.25. The summed E-state index contributed by atoms with van der Waals surface area (Å²) < 4.78 is 5.80. The van der Waals surface area contributed by atoms with Gasteiger partial charge in [-0.2, -0.15) is 4.37 Å². The maximum absolute atomic E-state index is 4.32. The Morgan fingerprint density at radius 1 is 1.20 bits per heavy atom. The van der Waals surface area contributed by atoms with Crippen LogP contribution < -0.4 is 0 Å². The van der Waals surface area contributed by atoms with E-state index in [4.69, 9.17) is 0 Å². The van der Waals surface area contributed by atoms with Crippen molar-refractivity contribution in [2.24, 2.45) is 5.11 Å². The van der Waals surface area contributed by atoms with E-state index >= 15 is 0 Å². The van der Waals surface area contributed by atoms with Gasteiger partial charge in [-0.25, -0.2) is 4.98 Å². The molecule has 0 bridgehead atoms. The van der Waals surface area contributed by atoms with Gasteiger partial charge in [-0.3, -0.25) is 0 Å². The Hall–Kier alpha value is -2.48. The van der Waals surface area contributed by atoms with E-state index in [2.05, 4.69) is 24.7 Å². The zero-order valence-corrected chi connectivity index (χ0v) is 11.8. The van der Waals surface area contributed by atoms with Gasteiger partial charge in [0.25, 0.3) is 0 Å². The van der Waals surface area contributed by atoms with E-state index in [0.717, 1.165) is 10.8 Å². The average molecular weight is 286 g/mol. The van der Waals surface area contributed by atoms with Crippen molar-refractivity contribution in [2.75, 3.05) is 7.05 Å². The van der Waals surface area contributed by atoms with Gasteiger partial charge in [0, 0.05) is 12.2 Å². The Kier molecular flexibility index (Phi) is 3.30. The monoisotopic (exact) mass is 286 g/mol. The number of rotatable bonds is 2. The molecule has 0 saturated carbocycles. The summed E-state index contributed by atoms with van der Waals surface area (Å²) in [5.41, 5.74) is 0.707. The quantitative estimate of drug-likeness (QED) is 0.792. The van der Waals surface area contributed by atoms with Crippen LogP contribution in [-0.2, 0) is 0 Å². The van der Waals surface area contributed by atoms with Crippen LogP contribution in [0.2, 0.25) is 0 Å². The Morgan fingerprint density at radius 2 is 2.00 bits per heavy atom. The Labute approximate surface area is 119 Å². The molecule has 0 spiro atoms. The highest BCUT2D eigenvalue weighted by atomic mass is 32.1. The van der Waals surface area contributed by atoms with Gasteiger partial charge in [0.15, 0.2) is 5.01 Å². The molecule has 0 aliphatic carbocycles. The molecule has 1 aliphatic heterocycles. The molecule has 0 radical (unpaired) electrons. The summed E-state index contributed by atoms with van der Waals surface area (Å²) in [5.74, 6) is 1.28. The molecule has 0 amide bonds. The van der Waals surface area contributed by atoms with Crippen LogP contribution in [0, 0.1) is 6.92 Å². The van der Waals surface area contributed by atoms with Gasteiger partial charge < -0.3 is 4.90 Å². The van der Waals surface area contributed by atoms with Crippen molar-refractivity contribution in [2.45, 2.75) is 6.92 Å². The minimum absolute atomic E-state index is 0.536. The van der Waals surface area contributed by atoms with Crippen LogP contribution in [-0.4, -0.2) is 36.2 Å². The predicted molar refractivity (Wildman–Crippen MR) is 74.1 cm³/mol. The largest absolute Gasteiger partial charge is 0.347 e. The van der Waals surface area contributed by atoms with Gasteiger partial charge in [0.1, 0.15) is 11.5 Å². The fraction of sp³-hybridized carbons (Fsp3) is 0.167. The minimum atomic E-state index is 0.536. The number of aryl methyl sites for hydroxylation is 1. The fourth-order valence-corrected chi connectivity index (χ4v) is 2.16. The normalized spacial score (nSPS) is 13.9. The average Bonchev–Trinajstić information content (AvgIpc) is 2.89. The minimum Gasteiger partial charge on any atom is -0.347 e. The second-order valence-corrected chi connectivity index (χ2v) is 4.92. The van der Waals surface area contributed by atoms with Gasteiger partial charge in [-0.1, -0.05) is 4.70 Å². The van der Waals surface area contributed by atoms with E-state index in [-0.39, 0.29) is 0 Å². The molecule has 1 aliphatic rings. The van der Waals surface area contributed by atoms with E-state index in [9.17, 15) is 0 Å². The molecule has 3 heterocycles. The molecule has 20 heavy (non-hydrogen) atoms. The van der Waals surface area contributed by atoms with E-state index in [0.29, 0.717) is 11.5 Å². The third-order valence-electron chi connectivity index (χ3n) is 2.52. The first kappa shape index (κ1) is 12.5. The SMILES string of the molecule is Cc1nsc(-c2ccc(N=[N+]3C=CN(C)C=C3)nn2)n1. The summed E-state index contributed by atoms with van der Waals surface area (Å²) in [7, 11) is 1.95. The van der Waals surface area contributed by atoms with Crippen LogP contribution >= 0.6 is 11.5 Å². The number of azo groups is 2. The van der Waals surface area contributed by atoms with Crippen molar-refractivity contribution in [3.63, 3.8) is 0 Å². The summed E-state index contributed by atoms with van der Waals surface area (Å²) in [6.07, 6.45) is 7.47. The lowest BCUT2D eigenvalue weighted by Crippen LogP contribution is -2.08. The molecule has 7 nitrogen and oxygen atoms in total. The smallest absolute Gasteiger partial charge is 0.241 e. The van der Waals surface area contributed by atoms with Crippen LogP contribution in [0.25, 0.3) is 10.7 Å². The topological polar surface area (TPSA) is 70.2 Å². The highest BCUT2D eigenvalue weighted by molar-refractivity contribution is 7.09. The number of nitrogens with zero attached hydrogens (tertiary/aromatic N) is 7. The van der Waals surface area contributed by atoms with Crippen molar-refractivity contribution in [1.29, 1.82) is 0 Å². The van der Waals surface area contributed by atoms with Crippen molar-refractivity contribution in [1.82, 2.24) is 24.5 Å². The molecule has 3 rings (SSSR count). The van der Waals surface area contributed by atoms with Crippen LogP contribution in [0.3, 0.4) is 0 Å². The third-order valence-corrected chi connectivity index (χ3v) is 3.35. The van der Waals surface area contributed by atoms with E-state index < -0.39 is 0 Å². The van der Waals surface area contributed by atoms with Gasteiger partial charge in [0.05, 0.1) is 12.4 Å². The van der Waals surface area contributed by atoms with Gasteiger partial charge in [0.2, 0.25) is 18.2 Å². The number of aromatic nitrogens is 4. The lowest BCUT2D eigenvalue weighted by molar-refractivity contribution is -0.455. The second-order valence-electron chi connectivity index (χ2n) is 4.17. The summed E-state index contributed by atoms with van der Waals surface area (Å²) in [4.78, 5) is 6.20. The molecule has 0 N–H and O–H groups in total. The van der Waals surface area contributed by atoms with Crippen molar-refractivity contribution in [3.05, 3.63) is 42.8 Å². The lowest BCUT2D eigenvalue weighted by atomic mass is 10.4. The Bertz CT molecular complexity index is 683. The van der Waals surface area contributed by atoms with Crippen molar-refractivity contribution >= 4 is 17.4 Å². The molecule has 100 valence electrons. The first-order chi connectivity index (χ1) is 9.70. The van der Waals surface area contributed by atoms with Crippen molar-refractivity contribution < 1.29 is 4.70 Å². The molecular formula is C12H12N7S+. The van der Waals surface area contributed by atoms with E-state index in [1.807, 2.05) is 49.7 Å². The summed E-state index contributed by atoms with van der Waals surface area (Å²) in [6, 6.07) is 3.65. The number of hydrogen-bond acceptors (Lipinski definition) is 7. The van der Waals surface area contributed by atoms with Gasteiger partial charge in [-0.05, 0) is 30.6 Å². The molecule has 0 aromatic carbocycles. The zero-order chi connectivity index (χ0) is 13.9. The molecule has 0 saturated heterocycles. The molecule has 2 aromatic rings. The highest BCUT2D eigenvalue weighted by Gasteiger charge is 2.09. The van der Waals surface area contributed by atoms with Crippen LogP contribution in [0.1, 0.15) is 5.82 Å². The summed E-state index contributed by atoms with van der Waals surface area (Å²) >= 11 is 1.31. The molecular weight excluding hydrogens is 274 g/mol. The van der Waals surface area contributed by atoms with Crippen LogP contribution in [0.5, 0.6) is 0 Å². The first-order valence-corrected chi connectivity index (χ1v) is 6.71. The predicted octanol–water partition coefficient (Wildman–Crippen LogP) is 2.29. The Balaban J connectivity index is 1.82. The lowest BCUT2D eigenvalue weighted by Gasteiger charge is -2.05. The summed E-state index contributed by atoms with van der Waals surface area (Å²) in [6.45, 7) is 1.85. The first-order valence-electron chi connectivity index (χ1n) is 5.94. The van der Waals surface area contributed by atoms with Crippen LogP contribution in [0.4, 0.5) is 5.82 Å². The fourth-order valence-electron chi connectivity index (χ4n) is 1.53. The van der Waals surface area contributed by atoms with Crippen molar-refractivity contribution in [3.8, 4) is 10.7 Å².